The molecule has 0 unspecified atom stereocenters. The average molecular weight is 552 g/mol. The molecular formula is C26H41N5O6S. The van der Waals surface area contributed by atoms with E-state index in [1.165, 1.54) is 23.2 Å². The Morgan fingerprint density at radius 3 is 2.68 bits per heavy atom. The fourth-order valence-corrected chi connectivity index (χ4v) is 5.45. The molecule has 3 rings (SSSR count). The van der Waals surface area contributed by atoms with Gasteiger partial charge in [0.05, 0.1) is 36.7 Å². The summed E-state index contributed by atoms with van der Waals surface area (Å²) in [5.74, 6) is -0.0246. The van der Waals surface area contributed by atoms with Gasteiger partial charge in [-0.15, -0.1) is 0 Å². The van der Waals surface area contributed by atoms with Crippen LogP contribution in [0, 0.1) is 5.92 Å². The number of sulfonamides is 1. The molecule has 1 aliphatic rings. The highest BCUT2D eigenvalue weighted by Crippen LogP contribution is 2.29. The molecule has 2 aromatic rings. The van der Waals surface area contributed by atoms with Gasteiger partial charge in [0, 0.05) is 44.5 Å². The summed E-state index contributed by atoms with van der Waals surface area (Å²) in [5, 5.41) is 13.0. The van der Waals surface area contributed by atoms with E-state index in [1.807, 2.05) is 20.9 Å². The van der Waals surface area contributed by atoms with Crippen molar-refractivity contribution in [2.24, 2.45) is 13.0 Å². The number of amides is 1. The predicted molar refractivity (Wildman–Crippen MR) is 145 cm³/mol. The SMILES string of the molecule is CNC[C@@H]1OCCCC[C@H](C)Oc2ccc(NS(=O)(=O)c3cn(C)cn3)cc2C(=O)N([C@H](C)CO)C[C@@H]1C. The summed E-state index contributed by atoms with van der Waals surface area (Å²) in [6, 6.07) is 4.19. The van der Waals surface area contributed by atoms with Gasteiger partial charge in [-0.05, 0) is 58.4 Å². The zero-order valence-electron chi connectivity index (χ0n) is 22.9. The maximum absolute atomic E-state index is 14.0. The van der Waals surface area contributed by atoms with E-state index in [1.54, 1.807) is 31.0 Å². The number of fused-ring (bicyclic) bond motifs is 1. The number of hydrogen-bond donors (Lipinski definition) is 3. The topological polar surface area (TPSA) is 135 Å². The number of nitrogens with one attached hydrogen (secondary N) is 2. The van der Waals surface area contributed by atoms with E-state index < -0.39 is 16.1 Å². The summed E-state index contributed by atoms with van der Waals surface area (Å²) < 4.78 is 42.2. The van der Waals surface area contributed by atoms with Crippen LogP contribution in [0.1, 0.15) is 50.4 Å². The van der Waals surface area contributed by atoms with E-state index in [2.05, 4.69) is 15.0 Å². The van der Waals surface area contributed by atoms with E-state index in [0.29, 0.717) is 25.4 Å². The number of ether oxygens (including phenoxy) is 2. The first kappa shape index (κ1) is 29.9. The largest absolute Gasteiger partial charge is 0.490 e. The molecule has 212 valence electrons. The Kier molecular flexibility index (Phi) is 10.5. The van der Waals surface area contributed by atoms with Crippen molar-refractivity contribution in [3.8, 4) is 5.75 Å². The van der Waals surface area contributed by atoms with Crippen LogP contribution in [-0.4, -0.2) is 85.5 Å². The Bertz CT molecular complexity index is 1170. The number of imidazole rings is 1. The standard InChI is InChI=1S/C26H41N5O6S/c1-18-14-31(19(2)16-32)26(33)22-12-21(29-38(34,35)25-15-30(5)17-28-25)9-10-23(22)37-20(3)8-6-7-11-36-24(18)13-27-4/h9-10,12,15,17-20,24,27,29,32H,6-8,11,13-14,16H2,1-5H3/t18-,19+,20-,24-/m0/s1. The molecule has 0 saturated carbocycles. The molecule has 1 aliphatic heterocycles. The molecule has 0 spiro atoms. The Labute approximate surface area is 225 Å². The molecule has 4 atom stereocenters. The minimum atomic E-state index is -3.96. The van der Waals surface area contributed by atoms with E-state index in [-0.39, 0.29) is 46.9 Å². The lowest BCUT2D eigenvalue weighted by molar-refractivity contribution is -0.000450. The Morgan fingerprint density at radius 1 is 1.26 bits per heavy atom. The van der Waals surface area contributed by atoms with Crippen molar-refractivity contribution in [3.63, 3.8) is 0 Å². The Balaban J connectivity index is 2.02. The zero-order chi connectivity index (χ0) is 27.9. The highest BCUT2D eigenvalue weighted by molar-refractivity contribution is 7.92. The molecule has 38 heavy (non-hydrogen) atoms. The molecule has 0 saturated heterocycles. The highest BCUT2D eigenvalue weighted by atomic mass is 32.2. The molecule has 0 aliphatic carbocycles. The first-order valence-corrected chi connectivity index (χ1v) is 14.5. The van der Waals surface area contributed by atoms with Crippen molar-refractivity contribution in [2.45, 2.75) is 63.3 Å². The molecule has 2 heterocycles. The maximum Gasteiger partial charge on any atom is 0.280 e. The molecule has 12 heteroatoms. The number of benzene rings is 1. The number of aliphatic hydroxyl groups is 1. The highest BCUT2D eigenvalue weighted by Gasteiger charge is 2.30. The number of aromatic nitrogens is 2. The second-order valence-electron chi connectivity index (χ2n) is 10.1. The van der Waals surface area contributed by atoms with Gasteiger partial charge in [0.2, 0.25) is 0 Å². The number of aliphatic hydroxyl groups excluding tert-OH is 1. The summed E-state index contributed by atoms with van der Waals surface area (Å²) in [7, 11) is -0.420. The number of anilines is 1. The van der Waals surface area contributed by atoms with Crippen LogP contribution in [0.4, 0.5) is 5.69 Å². The number of carbonyl (C=O) groups excluding carboxylic acids is 1. The van der Waals surface area contributed by atoms with Crippen LogP contribution in [0.2, 0.25) is 0 Å². The quantitative estimate of drug-likeness (QED) is 0.477. The van der Waals surface area contributed by atoms with Crippen molar-refractivity contribution in [3.05, 3.63) is 36.3 Å². The van der Waals surface area contributed by atoms with Crippen LogP contribution in [0.3, 0.4) is 0 Å². The van der Waals surface area contributed by atoms with Crippen LogP contribution < -0.4 is 14.8 Å². The summed E-state index contributed by atoms with van der Waals surface area (Å²) in [6.07, 6.45) is 5.07. The Morgan fingerprint density at radius 2 is 2.03 bits per heavy atom. The molecule has 0 fully saturated rings. The summed E-state index contributed by atoms with van der Waals surface area (Å²) in [4.78, 5) is 19.5. The number of carbonyl (C=O) groups is 1. The maximum atomic E-state index is 14.0. The van der Waals surface area contributed by atoms with Gasteiger partial charge in [0.25, 0.3) is 15.9 Å². The van der Waals surface area contributed by atoms with E-state index in [9.17, 15) is 18.3 Å². The molecule has 1 aromatic carbocycles. The number of likely N-dealkylation sites (N-methyl/N-ethyl adjacent to an activating group) is 1. The molecule has 1 amide bonds. The minimum absolute atomic E-state index is 0.0301. The molecule has 1 aromatic heterocycles. The molecule has 3 N–H and O–H groups in total. The van der Waals surface area contributed by atoms with Gasteiger partial charge in [0.1, 0.15) is 5.75 Å². The van der Waals surface area contributed by atoms with Gasteiger partial charge in [-0.3, -0.25) is 9.52 Å². The smallest absolute Gasteiger partial charge is 0.280 e. The van der Waals surface area contributed by atoms with Crippen LogP contribution in [0.15, 0.2) is 35.7 Å². The molecule has 0 bridgehead atoms. The normalized spacial score (nSPS) is 22.7. The second-order valence-corrected chi connectivity index (χ2v) is 11.7. The fraction of sp³-hybridized carbons (Fsp3) is 0.615. The van der Waals surface area contributed by atoms with Gasteiger partial charge in [-0.2, -0.15) is 8.42 Å². The van der Waals surface area contributed by atoms with E-state index in [0.717, 1.165) is 19.3 Å². The minimum Gasteiger partial charge on any atom is -0.490 e. The van der Waals surface area contributed by atoms with Crippen molar-refractivity contribution in [1.82, 2.24) is 19.8 Å². The van der Waals surface area contributed by atoms with Gasteiger partial charge in [-0.25, -0.2) is 4.98 Å². The number of nitrogens with zero attached hydrogens (tertiary/aromatic N) is 3. The van der Waals surface area contributed by atoms with Gasteiger partial charge in [0.15, 0.2) is 5.03 Å². The molecule has 0 radical (unpaired) electrons. The first-order chi connectivity index (χ1) is 18.1. The lowest BCUT2D eigenvalue weighted by Crippen LogP contribution is -2.47. The van der Waals surface area contributed by atoms with Crippen LogP contribution in [0.25, 0.3) is 0 Å². The monoisotopic (exact) mass is 551 g/mol. The summed E-state index contributed by atoms with van der Waals surface area (Å²) in [5.41, 5.74) is 0.426. The third-order valence-corrected chi connectivity index (χ3v) is 7.93. The van der Waals surface area contributed by atoms with Crippen LogP contribution in [-0.2, 0) is 21.8 Å². The first-order valence-electron chi connectivity index (χ1n) is 13.0. The molecular weight excluding hydrogens is 510 g/mol. The van der Waals surface area contributed by atoms with Crippen LogP contribution >= 0.6 is 0 Å². The summed E-state index contributed by atoms with van der Waals surface area (Å²) in [6.45, 7) is 7.10. The average Bonchev–Trinajstić information content (AvgIpc) is 3.33. The Hall–Kier alpha value is -2.67. The summed E-state index contributed by atoms with van der Waals surface area (Å²) >= 11 is 0. The van der Waals surface area contributed by atoms with Gasteiger partial charge < -0.3 is 29.4 Å². The van der Waals surface area contributed by atoms with E-state index in [4.69, 9.17) is 9.47 Å². The van der Waals surface area contributed by atoms with Crippen molar-refractivity contribution >= 4 is 21.6 Å². The number of aryl methyl sites for hydroxylation is 1. The van der Waals surface area contributed by atoms with Gasteiger partial charge in [-0.1, -0.05) is 6.92 Å². The third kappa shape index (κ3) is 7.68. The second kappa shape index (κ2) is 13.4. The molecule has 11 nitrogen and oxygen atoms in total. The zero-order valence-corrected chi connectivity index (χ0v) is 23.7. The van der Waals surface area contributed by atoms with Crippen molar-refractivity contribution < 1.29 is 27.8 Å². The van der Waals surface area contributed by atoms with Crippen molar-refractivity contribution in [1.29, 1.82) is 0 Å². The number of rotatable bonds is 7. The predicted octanol–water partition coefficient (Wildman–Crippen LogP) is 2.24. The number of hydrogen-bond acceptors (Lipinski definition) is 8. The van der Waals surface area contributed by atoms with Crippen molar-refractivity contribution in [2.75, 3.05) is 38.1 Å². The van der Waals surface area contributed by atoms with Crippen LogP contribution in [0.5, 0.6) is 5.75 Å². The lowest BCUT2D eigenvalue weighted by Gasteiger charge is -2.34. The fourth-order valence-electron chi connectivity index (χ4n) is 4.41. The van der Waals surface area contributed by atoms with Gasteiger partial charge >= 0.3 is 0 Å². The third-order valence-electron chi connectivity index (χ3n) is 6.67. The van der Waals surface area contributed by atoms with E-state index >= 15 is 0 Å². The lowest BCUT2D eigenvalue weighted by atomic mass is 10.0.